The number of pyridine rings is 1. The zero-order valence-corrected chi connectivity index (χ0v) is 10.1. The molecule has 0 atom stereocenters. The molecule has 2 heterocycles. The van der Waals surface area contributed by atoms with Crippen molar-refractivity contribution >= 4 is 5.97 Å². The zero-order valence-electron chi connectivity index (χ0n) is 10.1. The summed E-state index contributed by atoms with van der Waals surface area (Å²) in [5.74, 6) is 0.457. The molecular weight excluding hydrogens is 232 g/mol. The van der Waals surface area contributed by atoms with E-state index in [2.05, 4.69) is 15.0 Å². The third kappa shape index (κ3) is 3.18. The predicted octanol–water partition coefficient (Wildman–Crippen LogP) is 1.75. The molecule has 0 saturated carbocycles. The topological polar surface area (TPSA) is 64.4 Å². The second-order valence-corrected chi connectivity index (χ2v) is 3.72. The minimum absolute atomic E-state index is 0.221. The third-order valence-corrected chi connectivity index (χ3v) is 2.43. The number of methoxy groups -OCH3 is 1. The Morgan fingerprint density at radius 1 is 1.28 bits per heavy atom. The van der Waals surface area contributed by atoms with Crippen LogP contribution in [0, 0.1) is 0 Å². The van der Waals surface area contributed by atoms with Gasteiger partial charge in [-0.05, 0) is 29.8 Å². The SMILES string of the molecule is COC(=O)c1ccc(CNCc2ccncc2)o1. The van der Waals surface area contributed by atoms with Gasteiger partial charge >= 0.3 is 5.97 Å². The van der Waals surface area contributed by atoms with E-state index in [-0.39, 0.29) is 5.76 Å². The number of nitrogens with one attached hydrogen (secondary N) is 1. The first kappa shape index (κ1) is 12.3. The molecule has 0 spiro atoms. The van der Waals surface area contributed by atoms with E-state index in [0.29, 0.717) is 12.3 Å². The molecule has 5 heteroatoms. The van der Waals surface area contributed by atoms with Crippen molar-refractivity contribution in [2.24, 2.45) is 0 Å². The highest BCUT2D eigenvalue weighted by Gasteiger charge is 2.10. The van der Waals surface area contributed by atoms with Crippen LogP contribution in [0.3, 0.4) is 0 Å². The number of rotatable bonds is 5. The number of carbonyl (C=O) groups excluding carboxylic acids is 1. The Labute approximate surface area is 105 Å². The first-order valence-electron chi connectivity index (χ1n) is 5.56. The molecule has 0 aromatic carbocycles. The fourth-order valence-electron chi connectivity index (χ4n) is 1.51. The summed E-state index contributed by atoms with van der Waals surface area (Å²) in [5, 5.41) is 3.21. The van der Waals surface area contributed by atoms with Crippen molar-refractivity contribution in [2.45, 2.75) is 13.1 Å². The van der Waals surface area contributed by atoms with Crippen LogP contribution in [0.25, 0.3) is 0 Å². The molecule has 0 bridgehead atoms. The van der Waals surface area contributed by atoms with Crippen LogP contribution in [0.4, 0.5) is 0 Å². The maximum absolute atomic E-state index is 11.2. The number of furan rings is 1. The van der Waals surface area contributed by atoms with Crippen LogP contribution >= 0.6 is 0 Å². The molecule has 1 N–H and O–H groups in total. The number of esters is 1. The molecular formula is C13H14N2O3. The van der Waals surface area contributed by atoms with E-state index in [1.807, 2.05) is 12.1 Å². The maximum atomic E-state index is 11.2. The molecule has 2 aromatic rings. The minimum Gasteiger partial charge on any atom is -0.463 e. The first-order chi connectivity index (χ1) is 8.79. The lowest BCUT2D eigenvalue weighted by Gasteiger charge is -2.02. The van der Waals surface area contributed by atoms with E-state index < -0.39 is 5.97 Å². The fourth-order valence-corrected chi connectivity index (χ4v) is 1.51. The first-order valence-corrected chi connectivity index (χ1v) is 5.56. The molecule has 0 aliphatic heterocycles. The van der Waals surface area contributed by atoms with Crippen LogP contribution in [-0.2, 0) is 17.8 Å². The summed E-state index contributed by atoms with van der Waals surface area (Å²) >= 11 is 0. The van der Waals surface area contributed by atoms with Gasteiger partial charge in [0.2, 0.25) is 5.76 Å². The molecule has 2 aromatic heterocycles. The lowest BCUT2D eigenvalue weighted by molar-refractivity contribution is 0.0563. The van der Waals surface area contributed by atoms with Crippen molar-refractivity contribution in [3.05, 3.63) is 53.7 Å². The Kier molecular flexibility index (Phi) is 4.09. The third-order valence-electron chi connectivity index (χ3n) is 2.43. The molecule has 2 rings (SSSR count). The van der Waals surface area contributed by atoms with Crippen molar-refractivity contribution in [3.63, 3.8) is 0 Å². The number of nitrogens with zero attached hydrogens (tertiary/aromatic N) is 1. The minimum atomic E-state index is -0.463. The lowest BCUT2D eigenvalue weighted by Crippen LogP contribution is -2.12. The van der Waals surface area contributed by atoms with Gasteiger partial charge < -0.3 is 14.5 Å². The summed E-state index contributed by atoms with van der Waals surface area (Å²) in [5.41, 5.74) is 1.14. The maximum Gasteiger partial charge on any atom is 0.373 e. The summed E-state index contributed by atoms with van der Waals surface area (Å²) in [6.45, 7) is 1.27. The summed E-state index contributed by atoms with van der Waals surface area (Å²) in [7, 11) is 1.33. The quantitative estimate of drug-likeness (QED) is 0.814. The highest BCUT2D eigenvalue weighted by atomic mass is 16.5. The molecule has 0 amide bonds. The Morgan fingerprint density at radius 2 is 2.06 bits per heavy atom. The molecule has 94 valence electrons. The lowest BCUT2D eigenvalue weighted by atomic mass is 10.3. The number of ether oxygens (including phenoxy) is 1. The molecule has 0 aliphatic carbocycles. The van der Waals surface area contributed by atoms with Gasteiger partial charge in [-0.1, -0.05) is 0 Å². The van der Waals surface area contributed by atoms with Gasteiger partial charge in [0.05, 0.1) is 13.7 Å². The summed E-state index contributed by atoms with van der Waals surface area (Å²) < 4.78 is 9.89. The number of aromatic nitrogens is 1. The van der Waals surface area contributed by atoms with Gasteiger partial charge in [0.15, 0.2) is 0 Å². The number of carbonyl (C=O) groups is 1. The number of hydrogen-bond acceptors (Lipinski definition) is 5. The molecule has 18 heavy (non-hydrogen) atoms. The molecule has 0 saturated heterocycles. The van der Waals surface area contributed by atoms with E-state index in [1.54, 1.807) is 24.5 Å². The van der Waals surface area contributed by atoms with Crippen LogP contribution in [0.1, 0.15) is 21.9 Å². The summed E-state index contributed by atoms with van der Waals surface area (Å²) in [4.78, 5) is 15.1. The Bertz CT molecular complexity index is 508. The van der Waals surface area contributed by atoms with Crippen molar-refractivity contribution < 1.29 is 13.9 Å². The highest BCUT2D eigenvalue weighted by molar-refractivity contribution is 5.86. The van der Waals surface area contributed by atoms with Crippen molar-refractivity contribution in [3.8, 4) is 0 Å². The Hall–Kier alpha value is -2.14. The van der Waals surface area contributed by atoms with Crippen LogP contribution < -0.4 is 5.32 Å². The molecule has 5 nitrogen and oxygen atoms in total. The predicted molar refractivity (Wildman–Crippen MR) is 64.8 cm³/mol. The Balaban J connectivity index is 1.84. The fraction of sp³-hybridized carbons (Fsp3) is 0.231. The van der Waals surface area contributed by atoms with Gasteiger partial charge in [0.25, 0.3) is 0 Å². The van der Waals surface area contributed by atoms with E-state index in [0.717, 1.165) is 12.1 Å². The van der Waals surface area contributed by atoms with Gasteiger partial charge in [-0.3, -0.25) is 4.98 Å². The summed E-state index contributed by atoms with van der Waals surface area (Å²) in [6, 6.07) is 7.24. The molecule has 0 radical (unpaired) electrons. The second kappa shape index (κ2) is 5.97. The Morgan fingerprint density at radius 3 is 2.78 bits per heavy atom. The second-order valence-electron chi connectivity index (χ2n) is 3.72. The van der Waals surface area contributed by atoms with Crippen molar-refractivity contribution in [1.82, 2.24) is 10.3 Å². The molecule has 0 fully saturated rings. The van der Waals surface area contributed by atoms with E-state index in [9.17, 15) is 4.79 Å². The van der Waals surface area contributed by atoms with Crippen molar-refractivity contribution in [2.75, 3.05) is 7.11 Å². The normalized spacial score (nSPS) is 10.3. The monoisotopic (exact) mass is 246 g/mol. The van der Waals surface area contributed by atoms with Gasteiger partial charge in [-0.15, -0.1) is 0 Å². The van der Waals surface area contributed by atoms with Crippen LogP contribution in [0.2, 0.25) is 0 Å². The van der Waals surface area contributed by atoms with Crippen LogP contribution in [0.15, 0.2) is 41.1 Å². The highest BCUT2D eigenvalue weighted by Crippen LogP contribution is 2.09. The van der Waals surface area contributed by atoms with E-state index >= 15 is 0 Å². The van der Waals surface area contributed by atoms with Gasteiger partial charge in [0.1, 0.15) is 5.76 Å². The smallest absolute Gasteiger partial charge is 0.373 e. The number of hydrogen-bond donors (Lipinski definition) is 1. The van der Waals surface area contributed by atoms with Gasteiger partial charge in [-0.2, -0.15) is 0 Å². The molecule has 0 unspecified atom stereocenters. The standard InChI is InChI=1S/C13H14N2O3/c1-17-13(16)12-3-2-11(18-12)9-15-8-10-4-6-14-7-5-10/h2-7,15H,8-9H2,1H3. The average Bonchev–Trinajstić information content (AvgIpc) is 2.88. The largest absolute Gasteiger partial charge is 0.463 e. The summed E-state index contributed by atoms with van der Waals surface area (Å²) in [6.07, 6.45) is 3.50. The van der Waals surface area contributed by atoms with Crippen molar-refractivity contribution in [1.29, 1.82) is 0 Å². The van der Waals surface area contributed by atoms with Gasteiger partial charge in [0, 0.05) is 18.9 Å². The van der Waals surface area contributed by atoms with Crippen LogP contribution in [0.5, 0.6) is 0 Å². The van der Waals surface area contributed by atoms with E-state index in [4.69, 9.17) is 4.42 Å². The van der Waals surface area contributed by atoms with Crippen LogP contribution in [-0.4, -0.2) is 18.1 Å². The zero-order chi connectivity index (χ0) is 12.8. The average molecular weight is 246 g/mol. The molecule has 0 aliphatic rings. The van der Waals surface area contributed by atoms with E-state index in [1.165, 1.54) is 7.11 Å². The van der Waals surface area contributed by atoms with Gasteiger partial charge in [-0.25, -0.2) is 4.79 Å².